The lowest BCUT2D eigenvalue weighted by Gasteiger charge is -2.10. The van der Waals surface area contributed by atoms with Crippen molar-refractivity contribution in [3.8, 4) is 17.1 Å². The molecule has 26 heavy (non-hydrogen) atoms. The van der Waals surface area contributed by atoms with Crippen LogP contribution >= 0.6 is 0 Å². The summed E-state index contributed by atoms with van der Waals surface area (Å²) < 4.78 is 8.10. The van der Waals surface area contributed by atoms with Crippen LogP contribution in [0.5, 0.6) is 5.75 Å². The zero-order valence-electron chi connectivity index (χ0n) is 15.1. The molecule has 2 aromatic carbocycles. The van der Waals surface area contributed by atoms with Crippen LogP contribution in [-0.4, -0.2) is 26.1 Å². The Hall–Kier alpha value is -3.08. The Labute approximate surface area is 152 Å². The molecule has 0 bridgehead atoms. The number of hydrogen-bond donors (Lipinski definition) is 1. The monoisotopic (exact) mass is 346 g/mol. The summed E-state index contributed by atoms with van der Waals surface area (Å²) in [5.74, 6) is 1.70. The van der Waals surface area contributed by atoms with Crippen molar-refractivity contribution in [2.45, 2.75) is 26.8 Å². The second kappa shape index (κ2) is 7.04. The lowest BCUT2D eigenvalue weighted by molar-refractivity contribution is 0.303. The summed E-state index contributed by atoms with van der Waals surface area (Å²) >= 11 is 0. The third-order valence-corrected chi connectivity index (χ3v) is 4.70. The Morgan fingerprint density at radius 1 is 1.12 bits per heavy atom. The lowest BCUT2D eigenvalue weighted by atomic mass is 10.1. The number of aromatic amines is 1. The molecule has 2 aromatic heterocycles. The SMILES string of the molecule is Cc1ccc2[nH]c(-c3ccccc3OCCCn3ccnc3)nc2c1C. The quantitative estimate of drug-likeness (QED) is 0.523. The first-order chi connectivity index (χ1) is 12.7. The number of fused-ring (bicyclic) bond motifs is 1. The van der Waals surface area contributed by atoms with Gasteiger partial charge in [0.05, 0.1) is 29.5 Å². The van der Waals surface area contributed by atoms with Crippen LogP contribution < -0.4 is 4.74 Å². The number of para-hydroxylation sites is 1. The van der Waals surface area contributed by atoms with E-state index in [1.165, 1.54) is 11.1 Å². The maximum atomic E-state index is 6.05. The van der Waals surface area contributed by atoms with E-state index < -0.39 is 0 Å². The molecule has 0 aliphatic heterocycles. The van der Waals surface area contributed by atoms with Gasteiger partial charge in [0, 0.05) is 18.9 Å². The molecule has 1 N–H and O–H groups in total. The van der Waals surface area contributed by atoms with Gasteiger partial charge >= 0.3 is 0 Å². The normalized spacial score (nSPS) is 11.2. The number of nitrogens with zero attached hydrogens (tertiary/aromatic N) is 3. The van der Waals surface area contributed by atoms with Crippen molar-refractivity contribution < 1.29 is 4.74 Å². The molecule has 0 amide bonds. The number of rotatable bonds is 6. The zero-order valence-corrected chi connectivity index (χ0v) is 15.1. The van der Waals surface area contributed by atoms with E-state index in [2.05, 4.69) is 40.5 Å². The van der Waals surface area contributed by atoms with Crippen LogP contribution in [0.25, 0.3) is 22.4 Å². The Morgan fingerprint density at radius 2 is 2.00 bits per heavy atom. The van der Waals surface area contributed by atoms with E-state index in [1.54, 1.807) is 6.20 Å². The fraction of sp³-hybridized carbons (Fsp3) is 0.238. The van der Waals surface area contributed by atoms with Gasteiger partial charge in [0.1, 0.15) is 11.6 Å². The summed E-state index contributed by atoms with van der Waals surface area (Å²) in [5, 5.41) is 0. The van der Waals surface area contributed by atoms with Gasteiger partial charge in [0.25, 0.3) is 0 Å². The highest BCUT2D eigenvalue weighted by Gasteiger charge is 2.12. The number of benzene rings is 2. The summed E-state index contributed by atoms with van der Waals surface area (Å²) in [7, 11) is 0. The van der Waals surface area contributed by atoms with Crippen LogP contribution in [0.2, 0.25) is 0 Å². The van der Waals surface area contributed by atoms with Gasteiger partial charge < -0.3 is 14.3 Å². The van der Waals surface area contributed by atoms with Crippen LogP contribution in [-0.2, 0) is 6.54 Å². The molecular formula is C21H22N4O. The molecule has 0 fully saturated rings. The van der Waals surface area contributed by atoms with Gasteiger partial charge in [-0.15, -0.1) is 0 Å². The van der Waals surface area contributed by atoms with Gasteiger partial charge in [0.15, 0.2) is 0 Å². The molecule has 4 rings (SSSR count). The highest BCUT2D eigenvalue weighted by Crippen LogP contribution is 2.30. The molecular weight excluding hydrogens is 324 g/mol. The summed E-state index contributed by atoms with van der Waals surface area (Å²) in [5.41, 5.74) is 5.53. The van der Waals surface area contributed by atoms with Crippen LogP contribution in [0.4, 0.5) is 0 Å². The Morgan fingerprint density at radius 3 is 2.85 bits per heavy atom. The van der Waals surface area contributed by atoms with Crippen LogP contribution in [0, 0.1) is 13.8 Å². The molecule has 2 heterocycles. The van der Waals surface area contributed by atoms with Crippen molar-refractivity contribution in [1.82, 2.24) is 19.5 Å². The minimum atomic E-state index is 0.646. The molecule has 0 aliphatic rings. The minimum Gasteiger partial charge on any atom is -0.493 e. The molecule has 0 saturated heterocycles. The van der Waals surface area contributed by atoms with E-state index >= 15 is 0 Å². The van der Waals surface area contributed by atoms with Crippen molar-refractivity contribution >= 4 is 11.0 Å². The minimum absolute atomic E-state index is 0.646. The predicted molar refractivity (Wildman–Crippen MR) is 103 cm³/mol. The molecule has 0 unspecified atom stereocenters. The largest absolute Gasteiger partial charge is 0.493 e. The van der Waals surface area contributed by atoms with E-state index in [4.69, 9.17) is 9.72 Å². The number of imidazole rings is 2. The standard InChI is InChI=1S/C21H22N4O/c1-15-8-9-18-20(16(15)2)24-21(23-18)17-6-3-4-7-19(17)26-13-5-11-25-12-10-22-14-25/h3-4,6-10,12,14H,5,11,13H2,1-2H3,(H,23,24). The maximum Gasteiger partial charge on any atom is 0.142 e. The Kier molecular flexibility index (Phi) is 4.44. The Bertz CT molecular complexity index is 1020. The van der Waals surface area contributed by atoms with Gasteiger partial charge in [-0.05, 0) is 49.6 Å². The second-order valence-corrected chi connectivity index (χ2v) is 6.49. The molecule has 0 atom stereocenters. The summed E-state index contributed by atoms with van der Waals surface area (Å²) in [4.78, 5) is 12.3. The smallest absolute Gasteiger partial charge is 0.142 e. The number of H-pyrrole nitrogens is 1. The molecule has 0 spiro atoms. The molecule has 132 valence electrons. The van der Waals surface area contributed by atoms with Gasteiger partial charge in [0.2, 0.25) is 0 Å². The van der Waals surface area contributed by atoms with Crippen LogP contribution in [0.15, 0.2) is 55.1 Å². The summed E-state index contributed by atoms with van der Waals surface area (Å²) in [6.07, 6.45) is 6.50. The zero-order chi connectivity index (χ0) is 17.9. The molecule has 5 nitrogen and oxygen atoms in total. The third-order valence-electron chi connectivity index (χ3n) is 4.70. The fourth-order valence-corrected chi connectivity index (χ4v) is 3.08. The number of ether oxygens (including phenoxy) is 1. The van der Waals surface area contributed by atoms with Crippen molar-refractivity contribution in [2.75, 3.05) is 6.61 Å². The third kappa shape index (κ3) is 3.20. The highest BCUT2D eigenvalue weighted by molar-refractivity contribution is 5.84. The van der Waals surface area contributed by atoms with Gasteiger partial charge in [-0.2, -0.15) is 0 Å². The maximum absolute atomic E-state index is 6.05. The number of aromatic nitrogens is 4. The first-order valence-electron chi connectivity index (χ1n) is 8.86. The first-order valence-corrected chi connectivity index (χ1v) is 8.86. The van der Waals surface area contributed by atoms with E-state index in [-0.39, 0.29) is 0 Å². The second-order valence-electron chi connectivity index (χ2n) is 6.49. The van der Waals surface area contributed by atoms with Crippen molar-refractivity contribution in [1.29, 1.82) is 0 Å². The van der Waals surface area contributed by atoms with Gasteiger partial charge in [-0.3, -0.25) is 0 Å². The van der Waals surface area contributed by atoms with E-state index in [1.807, 2.05) is 36.8 Å². The molecule has 0 saturated carbocycles. The molecule has 0 radical (unpaired) electrons. The Balaban J connectivity index is 1.54. The fourth-order valence-electron chi connectivity index (χ4n) is 3.08. The molecule has 0 aliphatic carbocycles. The van der Waals surface area contributed by atoms with Crippen molar-refractivity contribution in [3.05, 3.63) is 66.2 Å². The van der Waals surface area contributed by atoms with E-state index in [0.29, 0.717) is 6.61 Å². The lowest BCUT2D eigenvalue weighted by Crippen LogP contribution is -2.04. The summed E-state index contributed by atoms with van der Waals surface area (Å²) in [6, 6.07) is 12.3. The average molecular weight is 346 g/mol. The van der Waals surface area contributed by atoms with E-state index in [9.17, 15) is 0 Å². The van der Waals surface area contributed by atoms with Crippen LogP contribution in [0.1, 0.15) is 17.5 Å². The number of hydrogen-bond acceptors (Lipinski definition) is 3. The van der Waals surface area contributed by atoms with E-state index in [0.717, 1.165) is 41.1 Å². The van der Waals surface area contributed by atoms with Gasteiger partial charge in [-0.1, -0.05) is 18.2 Å². The highest BCUT2D eigenvalue weighted by atomic mass is 16.5. The number of nitrogens with one attached hydrogen (secondary N) is 1. The number of aryl methyl sites for hydroxylation is 3. The van der Waals surface area contributed by atoms with Crippen molar-refractivity contribution in [3.63, 3.8) is 0 Å². The van der Waals surface area contributed by atoms with Gasteiger partial charge in [-0.25, -0.2) is 9.97 Å². The topological polar surface area (TPSA) is 55.7 Å². The van der Waals surface area contributed by atoms with Crippen molar-refractivity contribution in [2.24, 2.45) is 0 Å². The summed E-state index contributed by atoms with van der Waals surface area (Å²) in [6.45, 7) is 5.76. The predicted octanol–water partition coefficient (Wildman–Crippen LogP) is 4.51. The average Bonchev–Trinajstić information content (AvgIpc) is 3.32. The first kappa shape index (κ1) is 16.4. The molecule has 5 heteroatoms. The van der Waals surface area contributed by atoms with Crippen LogP contribution in [0.3, 0.4) is 0 Å². The molecule has 4 aromatic rings.